The van der Waals surface area contributed by atoms with Gasteiger partial charge in [0.1, 0.15) is 0 Å². The second-order valence-corrected chi connectivity index (χ2v) is 5.62. The predicted octanol–water partition coefficient (Wildman–Crippen LogP) is 4.47. The normalized spacial score (nSPS) is 21.0. The third-order valence-corrected chi connectivity index (χ3v) is 4.31. The largest absolute Gasteiger partial charge is 0.256 e. The molecule has 0 saturated carbocycles. The fourth-order valence-electron chi connectivity index (χ4n) is 3.17. The number of nitrogens with zero attached hydrogens (tertiary/aromatic N) is 2. The molecule has 0 saturated heterocycles. The van der Waals surface area contributed by atoms with Crippen LogP contribution in [0.1, 0.15) is 22.6 Å². The first kappa shape index (κ1) is 12.8. The number of allylic oxidation sites excluding steroid dienone is 5. The molecule has 2 aliphatic carbocycles. The summed E-state index contributed by atoms with van der Waals surface area (Å²) >= 11 is 0. The Bertz CT molecular complexity index is 866. The summed E-state index contributed by atoms with van der Waals surface area (Å²) in [6, 6.07) is 12.2. The molecule has 2 unspecified atom stereocenters. The highest BCUT2D eigenvalue weighted by atomic mass is 14.7. The van der Waals surface area contributed by atoms with Gasteiger partial charge in [-0.25, -0.2) is 0 Å². The minimum absolute atomic E-state index is 0.393. The number of hydrogen-bond donors (Lipinski definition) is 0. The summed E-state index contributed by atoms with van der Waals surface area (Å²) in [6.45, 7) is 0. The van der Waals surface area contributed by atoms with E-state index in [4.69, 9.17) is 5.26 Å². The first-order valence-electron chi connectivity index (χ1n) is 7.39. The zero-order valence-electron chi connectivity index (χ0n) is 12.0. The second-order valence-electron chi connectivity index (χ2n) is 5.62. The highest BCUT2D eigenvalue weighted by molar-refractivity contribution is 5.69. The SMILES string of the molecule is N#Cc1ccnc(-c2ccc3c(c2)C2C=CC=CC2C=C3)c1. The summed E-state index contributed by atoms with van der Waals surface area (Å²) < 4.78 is 0. The van der Waals surface area contributed by atoms with Gasteiger partial charge in [0.15, 0.2) is 0 Å². The van der Waals surface area contributed by atoms with Crippen LogP contribution < -0.4 is 0 Å². The zero-order valence-corrected chi connectivity index (χ0v) is 12.0. The van der Waals surface area contributed by atoms with Crippen molar-refractivity contribution >= 4 is 6.08 Å². The van der Waals surface area contributed by atoms with E-state index in [1.54, 1.807) is 12.3 Å². The molecule has 2 nitrogen and oxygen atoms in total. The highest BCUT2D eigenvalue weighted by Crippen LogP contribution is 2.39. The molecule has 2 aliphatic rings. The van der Waals surface area contributed by atoms with E-state index in [-0.39, 0.29) is 0 Å². The molecule has 4 rings (SSSR count). The summed E-state index contributed by atoms with van der Waals surface area (Å²) in [5, 5.41) is 9.05. The maximum atomic E-state index is 9.05. The number of benzene rings is 1. The van der Waals surface area contributed by atoms with Crippen molar-refractivity contribution in [2.45, 2.75) is 5.92 Å². The van der Waals surface area contributed by atoms with Gasteiger partial charge >= 0.3 is 0 Å². The minimum atomic E-state index is 0.393. The average molecular weight is 282 g/mol. The Balaban J connectivity index is 1.82. The Morgan fingerprint density at radius 1 is 1.00 bits per heavy atom. The quantitative estimate of drug-likeness (QED) is 0.773. The first-order valence-corrected chi connectivity index (χ1v) is 7.39. The molecule has 0 fully saturated rings. The van der Waals surface area contributed by atoms with Crippen molar-refractivity contribution in [3.63, 3.8) is 0 Å². The van der Waals surface area contributed by atoms with Crippen LogP contribution in [0.5, 0.6) is 0 Å². The van der Waals surface area contributed by atoms with E-state index in [0.717, 1.165) is 11.3 Å². The van der Waals surface area contributed by atoms with Crippen molar-refractivity contribution in [2.75, 3.05) is 0 Å². The maximum Gasteiger partial charge on any atom is 0.0992 e. The van der Waals surface area contributed by atoms with Crippen molar-refractivity contribution in [1.29, 1.82) is 5.26 Å². The van der Waals surface area contributed by atoms with Crippen molar-refractivity contribution in [3.8, 4) is 17.3 Å². The molecule has 1 heterocycles. The van der Waals surface area contributed by atoms with Gasteiger partial charge < -0.3 is 0 Å². The van der Waals surface area contributed by atoms with Crippen LogP contribution in [0.15, 0.2) is 66.9 Å². The van der Waals surface area contributed by atoms with Gasteiger partial charge in [0.05, 0.1) is 17.3 Å². The molecule has 1 aromatic heterocycles. The van der Waals surface area contributed by atoms with Crippen LogP contribution in [0.4, 0.5) is 0 Å². The van der Waals surface area contributed by atoms with Crippen LogP contribution in [-0.4, -0.2) is 4.98 Å². The Hall–Kier alpha value is -2.92. The maximum absolute atomic E-state index is 9.05. The molecule has 22 heavy (non-hydrogen) atoms. The number of fused-ring (bicyclic) bond motifs is 3. The number of pyridine rings is 1. The molecule has 2 heteroatoms. The monoisotopic (exact) mass is 282 g/mol. The average Bonchev–Trinajstić information content (AvgIpc) is 2.61. The fraction of sp³-hybridized carbons (Fsp3) is 0.100. The predicted molar refractivity (Wildman–Crippen MR) is 87.9 cm³/mol. The van der Waals surface area contributed by atoms with Crippen LogP contribution in [-0.2, 0) is 0 Å². The molecule has 0 amide bonds. The van der Waals surface area contributed by atoms with Crippen molar-refractivity contribution in [3.05, 3.63) is 83.6 Å². The zero-order chi connectivity index (χ0) is 14.9. The second kappa shape index (κ2) is 5.13. The standard InChI is InChI=1S/C20H14N2/c21-13-14-9-10-22-20(11-14)17-8-7-16-6-5-15-3-1-2-4-18(15)19(16)12-17/h1-12,15,18H. The van der Waals surface area contributed by atoms with Gasteiger partial charge in [-0.15, -0.1) is 0 Å². The van der Waals surface area contributed by atoms with Crippen molar-refractivity contribution < 1.29 is 0 Å². The highest BCUT2D eigenvalue weighted by Gasteiger charge is 2.24. The number of nitriles is 1. The number of rotatable bonds is 1. The lowest BCUT2D eigenvalue weighted by Gasteiger charge is -2.27. The minimum Gasteiger partial charge on any atom is -0.256 e. The molecule has 1 aromatic carbocycles. The molecule has 0 N–H and O–H groups in total. The van der Waals surface area contributed by atoms with E-state index in [9.17, 15) is 0 Å². The molecule has 0 radical (unpaired) electrons. The Morgan fingerprint density at radius 3 is 2.82 bits per heavy atom. The van der Waals surface area contributed by atoms with E-state index in [2.05, 4.69) is 65.7 Å². The van der Waals surface area contributed by atoms with E-state index in [1.165, 1.54) is 11.1 Å². The molecule has 104 valence electrons. The number of aromatic nitrogens is 1. The molecule has 0 aliphatic heterocycles. The van der Waals surface area contributed by atoms with Gasteiger partial charge in [0.25, 0.3) is 0 Å². The van der Waals surface area contributed by atoms with Crippen molar-refractivity contribution in [1.82, 2.24) is 4.98 Å². The third-order valence-electron chi connectivity index (χ3n) is 4.31. The smallest absolute Gasteiger partial charge is 0.0992 e. The number of hydrogen-bond acceptors (Lipinski definition) is 2. The lowest BCUT2D eigenvalue weighted by atomic mass is 9.76. The molecule has 2 aromatic rings. The topological polar surface area (TPSA) is 36.7 Å². The van der Waals surface area contributed by atoms with E-state index >= 15 is 0 Å². The summed E-state index contributed by atoms with van der Waals surface area (Å²) in [6.07, 6.45) is 14.9. The molecular weight excluding hydrogens is 268 g/mol. The van der Waals surface area contributed by atoms with Crippen LogP contribution >= 0.6 is 0 Å². The lowest BCUT2D eigenvalue weighted by Crippen LogP contribution is -2.13. The van der Waals surface area contributed by atoms with Gasteiger partial charge in [-0.3, -0.25) is 4.98 Å². The van der Waals surface area contributed by atoms with Gasteiger partial charge in [0.2, 0.25) is 0 Å². The molecule has 0 bridgehead atoms. The molecule has 2 atom stereocenters. The lowest BCUT2D eigenvalue weighted by molar-refractivity contribution is 0.692. The van der Waals surface area contributed by atoms with E-state index < -0.39 is 0 Å². The van der Waals surface area contributed by atoms with Gasteiger partial charge in [0, 0.05) is 23.6 Å². The van der Waals surface area contributed by atoms with Crippen LogP contribution in [0.2, 0.25) is 0 Å². The summed E-state index contributed by atoms with van der Waals surface area (Å²) in [7, 11) is 0. The summed E-state index contributed by atoms with van der Waals surface area (Å²) in [4.78, 5) is 4.41. The van der Waals surface area contributed by atoms with Gasteiger partial charge in [-0.2, -0.15) is 5.26 Å². The summed E-state index contributed by atoms with van der Waals surface area (Å²) in [5.41, 5.74) is 5.15. The molecular formula is C20H14N2. The third kappa shape index (κ3) is 2.08. The Morgan fingerprint density at radius 2 is 1.91 bits per heavy atom. The van der Waals surface area contributed by atoms with Gasteiger partial charge in [-0.05, 0) is 29.3 Å². The Kier molecular flexibility index (Phi) is 2.98. The fourth-order valence-corrected chi connectivity index (χ4v) is 3.17. The van der Waals surface area contributed by atoms with E-state index in [1.807, 2.05) is 6.07 Å². The van der Waals surface area contributed by atoms with Crippen LogP contribution in [0.25, 0.3) is 17.3 Å². The first-order chi connectivity index (χ1) is 10.8. The van der Waals surface area contributed by atoms with E-state index in [0.29, 0.717) is 17.4 Å². The van der Waals surface area contributed by atoms with Crippen LogP contribution in [0.3, 0.4) is 0 Å². The van der Waals surface area contributed by atoms with Gasteiger partial charge in [-0.1, -0.05) is 48.6 Å². The molecule has 0 spiro atoms. The summed E-state index contributed by atoms with van der Waals surface area (Å²) in [5.74, 6) is 0.829. The van der Waals surface area contributed by atoms with Crippen LogP contribution in [0, 0.1) is 17.2 Å². The Labute approximate surface area is 129 Å². The van der Waals surface area contributed by atoms with Crippen molar-refractivity contribution in [2.24, 2.45) is 5.92 Å².